The largest absolute Gasteiger partial charge is 0.300 e. The van der Waals surface area contributed by atoms with Gasteiger partial charge in [-0.1, -0.05) is 39.4 Å². The smallest absolute Gasteiger partial charge is 0.262 e. The van der Waals surface area contributed by atoms with E-state index >= 15 is 0 Å². The Balaban J connectivity index is 1.51. The second-order valence-electron chi connectivity index (χ2n) is 5.42. The van der Waals surface area contributed by atoms with E-state index in [1.807, 2.05) is 18.2 Å². The molecule has 0 radical (unpaired) electrons. The summed E-state index contributed by atoms with van der Waals surface area (Å²) < 4.78 is 1.85. The van der Waals surface area contributed by atoms with Crippen LogP contribution < -0.4 is 5.32 Å². The number of carbonyl (C=O) groups is 3. The molecule has 0 saturated heterocycles. The standard InChI is InChI=1S/C17H10BrN3O3S/c18-9-5-6-12-13(7-9)25-17(19-12)20-14(22)8-21-15(23)10-3-1-2-4-11(10)16(21)24/h1-7H,8H2,(H,19,20,22). The SMILES string of the molecule is O=C(CN1C(=O)c2ccccc2C1=O)Nc1nc2ccc(Br)cc2s1. The highest BCUT2D eigenvalue weighted by atomic mass is 79.9. The number of fused-ring (bicyclic) bond motifs is 2. The van der Waals surface area contributed by atoms with E-state index < -0.39 is 17.7 Å². The summed E-state index contributed by atoms with van der Waals surface area (Å²) in [6, 6.07) is 12.2. The number of benzene rings is 2. The fourth-order valence-electron chi connectivity index (χ4n) is 2.64. The maximum Gasteiger partial charge on any atom is 0.262 e. The maximum atomic E-state index is 12.3. The summed E-state index contributed by atoms with van der Waals surface area (Å²) in [6.07, 6.45) is 0. The van der Waals surface area contributed by atoms with E-state index in [4.69, 9.17) is 0 Å². The number of nitrogens with zero attached hydrogens (tertiary/aromatic N) is 2. The van der Waals surface area contributed by atoms with Gasteiger partial charge in [-0.05, 0) is 30.3 Å². The molecule has 0 bridgehead atoms. The quantitative estimate of drug-likeness (QED) is 0.665. The summed E-state index contributed by atoms with van der Waals surface area (Å²) in [4.78, 5) is 42.1. The molecule has 8 heteroatoms. The van der Waals surface area contributed by atoms with E-state index in [1.165, 1.54) is 11.3 Å². The van der Waals surface area contributed by atoms with Crippen molar-refractivity contribution >= 4 is 60.3 Å². The van der Waals surface area contributed by atoms with Gasteiger partial charge in [0.15, 0.2) is 5.13 Å². The fourth-order valence-corrected chi connectivity index (χ4v) is 4.07. The second kappa shape index (κ2) is 6.05. The first-order chi connectivity index (χ1) is 12.0. The average Bonchev–Trinajstić information content (AvgIpc) is 3.09. The van der Waals surface area contributed by atoms with Crippen molar-refractivity contribution in [3.05, 3.63) is 58.1 Å². The van der Waals surface area contributed by atoms with E-state index in [0.717, 1.165) is 19.6 Å². The number of hydrogen-bond acceptors (Lipinski definition) is 5. The lowest BCUT2D eigenvalue weighted by molar-refractivity contribution is -0.116. The van der Waals surface area contributed by atoms with Gasteiger partial charge in [0, 0.05) is 4.47 Å². The Morgan fingerprint density at radius 1 is 1.12 bits per heavy atom. The molecule has 0 saturated carbocycles. The topological polar surface area (TPSA) is 79.4 Å². The van der Waals surface area contributed by atoms with Gasteiger partial charge in [0.05, 0.1) is 21.3 Å². The van der Waals surface area contributed by atoms with Crippen LogP contribution in [-0.2, 0) is 4.79 Å². The Labute approximate surface area is 154 Å². The van der Waals surface area contributed by atoms with E-state index in [-0.39, 0.29) is 6.54 Å². The molecule has 1 aliphatic rings. The number of rotatable bonds is 3. The first-order valence-corrected chi connectivity index (χ1v) is 8.95. The molecule has 1 aliphatic heterocycles. The molecule has 0 atom stereocenters. The monoisotopic (exact) mass is 415 g/mol. The van der Waals surface area contributed by atoms with Gasteiger partial charge in [-0.3, -0.25) is 19.3 Å². The third-order valence-corrected chi connectivity index (χ3v) is 5.20. The Morgan fingerprint density at radius 2 is 1.80 bits per heavy atom. The van der Waals surface area contributed by atoms with Crippen LogP contribution in [0.2, 0.25) is 0 Å². The summed E-state index contributed by atoms with van der Waals surface area (Å²) >= 11 is 4.71. The molecular formula is C17H10BrN3O3S. The number of nitrogens with one attached hydrogen (secondary N) is 1. The van der Waals surface area contributed by atoms with Crippen molar-refractivity contribution in [3.8, 4) is 0 Å². The van der Waals surface area contributed by atoms with Crippen LogP contribution in [0.1, 0.15) is 20.7 Å². The van der Waals surface area contributed by atoms with Gasteiger partial charge >= 0.3 is 0 Å². The van der Waals surface area contributed by atoms with E-state index in [1.54, 1.807) is 24.3 Å². The molecule has 4 rings (SSSR count). The third kappa shape index (κ3) is 2.83. The summed E-state index contributed by atoms with van der Waals surface area (Å²) in [5, 5.41) is 3.08. The predicted molar refractivity (Wildman–Crippen MR) is 97.8 cm³/mol. The number of carbonyl (C=O) groups excluding carboxylic acids is 3. The Kier molecular flexibility index (Phi) is 3.85. The zero-order chi connectivity index (χ0) is 17.6. The number of anilines is 1. The summed E-state index contributed by atoms with van der Waals surface area (Å²) in [5.41, 5.74) is 1.42. The summed E-state index contributed by atoms with van der Waals surface area (Å²) in [7, 11) is 0. The Hall–Kier alpha value is -2.58. The van der Waals surface area contributed by atoms with Gasteiger partial charge in [-0.15, -0.1) is 0 Å². The lowest BCUT2D eigenvalue weighted by Gasteiger charge is -2.12. The molecule has 2 aromatic carbocycles. The molecule has 0 fully saturated rings. The van der Waals surface area contributed by atoms with Gasteiger partial charge in [-0.2, -0.15) is 0 Å². The van der Waals surface area contributed by atoms with Crippen LogP contribution >= 0.6 is 27.3 Å². The van der Waals surface area contributed by atoms with E-state index in [9.17, 15) is 14.4 Å². The van der Waals surface area contributed by atoms with Crippen molar-refractivity contribution in [2.75, 3.05) is 11.9 Å². The fraction of sp³-hybridized carbons (Fsp3) is 0.0588. The first kappa shape index (κ1) is 15.9. The van der Waals surface area contributed by atoms with Gasteiger partial charge in [-0.25, -0.2) is 4.98 Å². The predicted octanol–water partition coefficient (Wildman–Crippen LogP) is 3.29. The number of imide groups is 1. The van der Waals surface area contributed by atoms with Crippen molar-refractivity contribution in [2.45, 2.75) is 0 Å². The van der Waals surface area contributed by atoms with Crippen LogP contribution in [0.3, 0.4) is 0 Å². The minimum Gasteiger partial charge on any atom is -0.300 e. The van der Waals surface area contributed by atoms with Gasteiger partial charge in [0.25, 0.3) is 11.8 Å². The van der Waals surface area contributed by atoms with Gasteiger partial charge < -0.3 is 5.32 Å². The summed E-state index contributed by atoms with van der Waals surface area (Å²) in [6.45, 7) is -0.341. The van der Waals surface area contributed by atoms with Crippen molar-refractivity contribution in [2.24, 2.45) is 0 Å². The minimum atomic E-state index is -0.465. The Bertz CT molecular complexity index is 1010. The highest BCUT2D eigenvalue weighted by molar-refractivity contribution is 9.10. The van der Waals surface area contributed by atoms with E-state index in [2.05, 4.69) is 26.2 Å². The highest BCUT2D eigenvalue weighted by Crippen LogP contribution is 2.28. The third-order valence-electron chi connectivity index (χ3n) is 3.78. The number of amides is 3. The van der Waals surface area contributed by atoms with Crippen LogP contribution in [0.25, 0.3) is 10.2 Å². The van der Waals surface area contributed by atoms with Crippen molar-refractivity contribution in [1.82, 2.24) is 9.88 Å². The molecule has 0 spiro atoms. The first-order valence-electron chi connectivity index (χ1n) is 7.34. The lowest BCUT2D eigenvalue weighted by Crippen LogP contribution is -2.37. The zero-order valence-electron chi connectivity index (χ0n) is 12.7. The molecule has 2 heterocycles. The second-order valence-corrected chi connectivity index (χ2v) is 7.37. The molecule has 25 heavy (non-hydrogen) atoms. The van der Waals surface area contributed by atoms with Crippen LogP contribution in [0, 0.1) is 0 Å². The van der Waals surface area contributed by atoms with Crippen molar-refractivity contribution in [3.63, 3.8) is 0 Å². The van der Waals surface area contributed by atoms with Crippen molar-refractivity contribution < 1.29 is 14.4 Å². The molecule has 6 nitrogen and oxygen atoms in total. The van der Waals surface area contributed by atoms with E-state index in [0.29, 0.717) is 16.3 Å². The summed E-state index contributed by atoms with van der Waals surface area (Å²) in [5.74, 6) is -1.37. The Morgan fingerprint density at radius 3 is 2.48 bits per heavy atom. The van der Waals surface area contributed by atoms with Crippen LogP contribution in [0.5, 0.6) is 0 Å². The molecule has 0 aliphatic carbocycles. The lowest BCUT2D eigenvalue weighted by atomic mass is 10.1. The highest BCUT2D eigenvalue weighted by Gasteiger charge is 2.36. The normalized spacial score (nSPS) is 13.4. The molecule has 3 aromatic rings. The number of hydrogen-bond donors (Lipinski definition) is 1. The minimum absolute atomic E-state index is 0.324. The molecule has 3 amide bonds. The zero-order valence-corrected chi connectivity index (χ0v) is 15.1. The number of thiazole rings is 1. The number of halogens is 1. The van der Waals surface area contributed by atoms with Crippen LogP contribution in [0.15, 0.2) is 46.9 Å². The van der Waals surface area contributed by atoms with Crippen LogP contribution in [0.4, 0.5) is 5.13 Å². The molecule has 124 valence electrons. The average molecular weight is 416 g/mol. The van der Waals surface area contributed by atoms with Crippen LogP contribution in [-0.4, -0.2) is 34.2 Å². The molecular weight excluding hydrogens is 406 g/mol. The molecule has 1 N–H and O–H groups in total. The van der Waals surface area contributed by atoms with Gasteiger partial charge in [0.2, 0.25) is 5.91 Å². The van der Waals surface area contributed by atoms with Gasteiger partial charge in [0.1, 0.15) is 6.54 Å². The van der Waals surface area contributed by atoms with Crippen molar-refractivity contribution in [1.29, 1.82) is 0 Å². The number of aromatic nitrogens is 1. The molecule has 1 aromatic heterocycles. The molecule has 0 unspecified atom stereocenters. The maximum absolute atomic E-state index is 12.3.